The first-order valence-corrected chi connectivity index (χ1v) is 19.3. The summed E-state index contributed by atoms with van der Waals surface area (Å²) in [6, 6.07) is 9.79. The number of halogens is 3. The van der Waals surface area contributed by atoms with Crippen molar-refractivity contribution < 1.29 is 45.6 Å². The molecule has 0 unspecified atom stereocenters. The third-order valence-electron chi connectivity index (χ3n) is 8.18. The number of allylic oxidation sites excluding steroid dienone is 4. The summed E-state index contributed by atoms with van der Waals surface area (Å²) >= 11 is 0. The molecule has 0 amide bonds. The fourth-order valence-corrected chi connectivity index (χ4v) is 14.0. The number of hydrogen-bond acceptors (Lipinski definition) is 3. The maximum Gasteiger partial charge on any atom is 0.485 e. The Kier molecular flexibility index (Phi) is 18.3. The van der Waals surface area contributed by atoms with Crippen molar-refractivity contribution in [3.05, 3.63) is 48.6 Å². The van der Waals surface area contributed by atoms with Crippen molar-refractivity contribution in [1.82, 2.24) is 0 Å². The topological polar surface area (TPSA) is 57.2 Å². The fraction of sp³-hybridized carbons (Fsp3) is 0.677. The normalized spacial score (nSPS) is 26.8. The van der Waals surface area contributed by atoms with Gasteiger partial charge in [-0.1, -0.05) is 92.1 Å². The maximum absolute atomic E-state index is 10.7. The quantitative estimate of drug-likeness (QED) is 0.0968. The Labute approximate surface area is 262 Å². The molecule has 0 spiro atoms. The fourth-order valence-electron chi connectivity index (χ4n) is 6.07. The van der Waals surface area contributed by atoms with Crippen molar-refractivity contribution in [1.29, 1.82) is 0 Å². The predicted molar refractivity (Wildman–Crippen MR) is 167 cm³/mol. The van der Waals surface area contributed by atoms with Crippen LogP contribution in [0.5, 0.6) is 0 Å². The third kappa shape index (κ3) is 11.7. The Hall–Kier alpha value is -0.117. The van der Waals surface area contributed by atoms with Crippen LogP contribution in [-0.4, -0.2) is 41.1 Å². The van der Waals surface area contributed by atoms with Crippen LogP contribution < -0.4 is 10.6 Å². The van der Waals surface area contributed by atoms with Gasteiger partial charge < -0.3 is 4.55 Å². The number of hydrogen-bond donors (Lipinski definition) is 0. The zero-order chi connectivity index (χ0) is 29.8. The number of alkyl halides is 3. The van der Waals surface area contributed by atoms with Crippen LogP contribution in [0, 0.1) is 0 Å². The molecule has 0 saturated carbocycles. The minimum Gasteiger partial charge on any atom is -0.741 e. The minimum atomic E-state index is -6.09. The molecule has 1 aromatic rings. The van der Waals surface area contributed by atoms with E-state index in [9.17, 15) is 13.2 Å². The van der Waals surface area contributed by atoms with Gasteiger partial charge in [0.15, 0.2) is 10.1 Å². The van der Waals surface area contributed by atoms with Crippen molar-refractivity contribution in [2.75, 3.05) is 0 Å². The molecular formula is C31H48F3O3P2RhS-. The summed E-state index contributed by atoms with van der Waals surface area (Å²) < 4.78 is 58.9. The molecule has 2 heterocycles. The van der Waals surface area contributed by atoms with Gasteiger partial charge in [-0.05, 0) is 110 Å². The molecule has 2 aliphatic heterocycles. The van der Waals surface area contributed by atoms with Gasteiger partial charge in [0.05, 0.1) is 0 Å². The Morgan fingerprint density at radius 3 is 1.12 bits per heavy atom. The van der Waals surface area contributed by atoms with Crippen molar-refractivity contribution in [3.8, 4) is 0 Å². The van der Waals surface area contributed by atoms with E-state index < -0.39 is 15.6 Å². The molecule has 3 aliphatic rings. The van der Waals surface area contributed by atoms with Crippen molar-refractivity contribution >= 4 is 36.6 Å². The van der Waals surface area contributed by atoms with Gasteiger partial charge in [-0.3, -0.25) is 0 Å². The van der Waals surface area contributed by atoms with E-state index in [-0.39, 0.29) is 35.3 Å². The van der Waals surface area contributed by atoms with Crippen molar-refractivity contribution in [2.24, 2.45) is 0 Å². The van der Waals surface area contributed by atoms with Gasteiger partial charge in [0.25, 0.3) is 0 Å². The largest absolute Gasteiger partial charge is 0.741 e. The smallest absolute Gasteiger partial charge is 0.485 e. The second-order valence-electron chi connectivity index (χ2n) is 10.7. The second kappa shape index (κ2) is 19.3. The van der Waals surface area contributed by atoms with E-state index in [0.29, 0.717) is 0 Å². The van der Waals surface area contributed by atoms with Crippen molar-refractivity contribution in [2.45, 2.75) is 133 Å². The maximum atomic E-state index is 10.7. The molecule has 3 nitrogen and oxygen atoms in total. The van der Waals surface area contributed by atoms with E-state index >= 15 is 0 Å². The molecule has 10 heteroatoms. The van der Waals surface area contributed by atoms with Gasteiger partial charge in [-0.15, -0.1) is 0 Å². The van der Waals surface area contributed by atoms with Crippen LogP contribution in [0.3, 0.4) is 0 Å². The molecule has 41 heavy (non-hydrogen) atoms. The van der Waals surface area contributed by atoms with Gasteiger partial charge in [-0.2, -0.15) is 13.2 Å². The molecular weight excluding hydrogens is 674 g/mol. The first kappa shape index (κ1) is 38.9. The van der Waals surface area contributed by atoms with Gasteiger partial charge in [0.1, 0.15) is 0 Å². The molecule has 0 N–H and O–H groups in total. The summed E-state index contributed by atoms with van der Waals surface area (Å²) in [5.74, 6) is 0. The first-order valence-electron chi connectivity index (χ1n) is 15.0. The summed E-state index contributed by atoms with van der Waals surface area (Å²) in [6.07, 6.45) is 25.5. The standard InChI is InChI=1S/C22H36P2.C8H12.CHF3O3S.Rh/c1-5-17-13-14-18(6-2)23(17)21-11-9-10-12-22(21)24-19(7-3)15-16-20(24)8-4;1-2-4-6-8-7-5-3-1;2-1(3,4)8(5,6)7;/h9-12,17-20H,5-8,13-16H2,1-4H3;1-2,7-8H,3-6H2;(H,5,6,7);/p-1/b;2-1-,8-7-;;/t17-,18-,19-,20-;;;/m0.../s1. The van der Waals surface area contributed by atoms with Gasteiger partial charge in [-0.25, -0.2) is 8.42 Å². The van der Waals surface area contributed by atoms with Gasteiger partial charge in [0.2, 0.25) is 0 Å². The van der Waals surface area contributed by atoms with Crippen LogP contribution in [-0.2, 0) is 29.6 Å². The van der Waals surface area contributed by atoms with Gasteiger partial charge >= 0.3 is 5.51 Å². The summed E-state index contributed by atoms with van der Waals surface area (Å²) in [4.78, 5) is 0. The van der Waals surface area contributed by atoms with Crippen LogP contribution >= 0.6 is 15.8 Å². The van der Waals surface area contributed by atoms with Gasteiger partial charge in [0, 0.05) is 19.5 Å². The van der Waals surface area contributed by atoms with E-state index in [4.69, 9.17) is 13.0 Å². The monoisotopic (exact) mass is 722 g/mol. The van der Waals surface area contributed by atoms with Crippen LogP contribution in [0.1, 0.15) is 105 Å². The van der Waals surface area contributed by atoms with E-state index in [1.165, 1.54) is 77.0 Å². The molecule has 237 valence electrons. The number of rotatable bonds is 6. The third-order valence-corrected chi connectivity index (χ3v) is 16.5. The van der Waals surface area contributed by atoms with Crippen LogP contribution in [0.15, 0.2) is 48.6 Å². The van der Waals surface area contributed by atoms with E-state index in [1.54, 1.807) is 0 Å². The van der Waals surface area contributed by atoms with Crippen LogP contribution in [0.25, 0.3) is 0 Å². The molecule has 2 fully saturated rings. The average Bonchev–Trinajstić information content (AvgIpc) is 3.51. The van der Waals surface area contributed by atoms with E-state index in [1.807, 2.05) is 10.6 Å². The van der Waals surface area contributed by atoms with Crippen LogP contribution in [0.2, 0.25) is 0 Å². The molecule has 4 rings (SSSR count). The minimum absolute atomic E-state index is 0. The first-order chi connectivity index (χ1) is 19.0. The zero-order valence-corrected chi connectivity index (χ0v) is 29.2. The van der Waals surface area contributed by atoms with E-state index in [2.05, 4.69) is 76.3 Å². The zero-order valence-electron chi connectivity index (χ0n) is 24.9. The average molecular weight is 723 g/mol. The van der Waals surface area contributed by atoms with E-state index in [0.717, 1.165) is 22.6 Å². The molecule has 4 atom stereocenters. The molecule has 1 radical (unpaired) electrons. The summed E-state index contributed by atoms with van der Waals surface area (Å²) in [7, 11) is -5.96. The Bertz CT molecular complexity index is 952. The second-order valence-corrected chi connectivity index (χ2v) is 17.6. The Balaban J connectivity index is 0.000000407. The SMILES string of the molecule is C1=C\CC/C=C\CC/1.CC[C@H]1CC[C@H](CC)P1c1ccccc1P1[C@@H](CC)CC[C@@H]1CC.O=S(=O)([O-])C(F)(F)F.[Rh]. The summed E-state index contributed by atoms with van der Waals surface area (Å²) in [6.45, 7) is 9.74. The van der Waals surface area contributed by atoms with Crippen LogP contribution in [0.4, 0.5) is 13.2 Å². The summed E-state index contributed by atoms with van der Waals surface area (Å²) in [5, 5.41) is 3.68. The molecule has 0 aromatic heterocycles. The summed E-state index contributed by atoms with van der Waals surface area (Å²) in [5.41, 5.74) is -1.69. The Morgan fingerprint density at radius 1 is 0.683 bits per heavy atom. The number of benzene rings is 1. The molecule has 2 saturated heterocycles. The van der Waals surface area contributed by atoms with Crippen molar-refractivity contribution in [3.63, 3.8) is 0 Å². The molecule has 1 aliphatic carbocycles. The molecule has 1 aromatic carbocycles. The predicted octanol–water partition coefficient (Wildman–Crippen LogP) is 9.32. The Morgan fingerprint density at radius 2 is 0.927 bits per heavy atom. The molecule has 0 bridgehead atoms.